The highest BCUT2D eigenvalue weighted by molar-refractivity contribution is 7.99. The van der Waals surface area contributed by atoms with Crippen molar-refractivity contribution in [1.82, 2.24) is 24.6 Å². The summed E-state index contributed by atoms with van der Waals surface area (Å²) < 4.78 is 2.04. The molecule has 1 fully saturated rings. The quantitative estimate of drug-likeness (QED) is 0.576. The molecule has 23 heavy (non-hydrogen) atoms. The van der Waals surface area contributed by atoms with E-state index in [9.17, 15) is 0 Å². The van der Waals surface area contributed by atoms with Crippen LogP contribution >= 0.6 is 11.8 Å². The predicted molar refractivity (Wildman–Crippen MR) is 93.3 cm³/mol. The summed E-state index contributed by atoms with van der Waals surface area (Å²) in [6.45, 7) is 6.49. The maximum absolute atomic E-state index is 4.42. The molecule has 0 unspecified atom stereocenters. The number of likely N-dealkylation sites (tertiary alicyclic amines) is 1. The minimum absolute atomic E-state index is 0.829. The van der Waals surface area contributed by atoms with Crippen LogP contribution in [0.15, 0.2) is 36.0 Å². The number of rotatable bonds is 7. The van der Waals surface area contributed by atoms with Gasteiger partial charge in [-0.05, 0) is 50.1 Å². The molecule has 3 rings (SSSR count). The molecule has 1 aliphatic rings. The minimum atomic E-state index is 0.829. The Morgan fingerprint density at radius 1 is 1.22 bits per heavy atom. The summed E-state index contributed by atoms with van der Waals surface area (Å²) in [5, 5.41) is 5.17. The number of piperidine rings is 1. The van der Waals surface area contributed by atoms with E-state index < -0.39 is 0 Å². The fourth-order valence-electron chi connectivity index (χ4n) is 3.07. The third-order valence-corrected chi connectivity index (χ3v) is 5.15. The van der Waals surface area contributed by atoms with Gasteiger partial charge in [0.15, 0.2) is 5.16 Å². The molecule has 0 aliphatic carbocycles. The molecule has 2 aromatic heterocycles. The van der Waals surface area contributed by atoms with Gasteiger partial charge in [0.05, 0.1) is 0 Å². The molecule has 0 spiro atoms. The van der Waals surface area contributed by atoms with Crippen LogP contribution in [0.25, 0.3) is 0 Å². The average Bonchev–Trinajstić information content (AvgIpc) is 3.10. The molecule has 124 valence electrons. The Morgan fingerprint density at radius 3 is 2.65 bits per heavy atom. The van der Waals surface area contributed by atoms with Crippen molar-refractivity contribution in [1.29, 1.82) is 0 Å². The number of hydrogen-bond acceptors (Lipinski definition) is 5. The van der Waals surface area contributed by atoms with Crippen LogP contribution in [0, 0.1) is 5.92 Å². The molecule has 0 aromatic carbocycles. The van der Waals surface area contributed by atoms with Crippen molar-refractivity contribution in [2.24, 2.45) is 5.92 Å². The van der Waals surface area contributed by atoms with E-state index >= 15 is 0 Å². The Morgan fingerprint density at radius 2 is 2.00 bits per heavy atom. The average molecular weight is 331 g/mol. The van der Waals surface area contributed by atoms with E-state index in [0.717, 1.165) is 29.9 Å². The summed E-state index contributed by atoms with van der Waals surface area (Å²) in [6.07, 6.45) is 11.7. The van der Waals surface area contributed by atoms with Crippen molar-refractivity contribution in [2.45, 2.75) is 44.4 Å². The second-order valence-electron chi connectivity index (χ2n) is 6.08. The van der Waals surface area contributed by atoms with E-state index in [1.54, 1.807) is 11.8 Å². The maximum atomic E-state index is 4.42. The minimum Gasteiger partial charge on any atom is -0.299 e. The second kappa shape index (κ2) is 8.45. The molecular weight excluding hydrogens is 306 g/mol. The Kier molecular flexibility index (Phi) is 6.05. The lowest BCUT2D eigenvalue weighted by molar-refractivity contribution is 0.168. The first kappa shape index (κ1) is 16.5. The lowest BCUT2D eigenvalue weighted by atomic mass is 9.93. The second-order valence-corrected chi connectivity index (χ2v) is 7.32. The van der Waals surface area contributed by atoms with Crippen molar-refractivity contribution < 1.29 is 0 Å². The Bertz CT molecular complexity index is 561. The SMILES string of the molecule is CCSc1ncc(CN2CCC(CCn3cccn3)CC2)cn1. The van der Waals surface area contributed by atoms with Crippen LogP contribution in [0.3, 0.4) is 0 Å². The Hall–Kier alpha value is -1.40. The van der Waals surface area contributed by atoms with Gasteiger partial charge in [0.1, 0.15) is 0 Å². The number of aryl methyl sites for hydroxylation is 1. The van der Waals surface area contributed by atoms with Gasteiger partial charge >= 0.3 is 0 Å². The molecule has 6 heteroatoms. The zero-order valence-corrected chi connectivity index (χ0v) is 14.6. The Labute approximate surface area is 142 Å². The molecule has 3 heterocycles. The molecular formula is C17H25N5S. The van der Waals surface area contributed by atoms with Gasteiger partial charge in [0, 0.05) is 43.4 Å². The first-order valence-corrected chi connectivity index (χ1v) is 9.45. The van der Waals surface area contributed by atoms with Gasteiger partial charge in [-0.2, -0.15) is 5.10 Å². The molecule has 1 saturated heterocycles. The topological polar surface area (TPSA) is 46.8 Å². The zero-order valence-electron chi connectivity index (χ0n) is 13.8. The van der Waals surface area contributed by atoms with E-state index in [-0.39, 0.29) is 0 Å². The predicted octanol–water partition coefficient (Wildman–Crippen LogP) is 3.09. The van der Waals surface area contributed by atoms with Gasteiger partial charge in [0.25, 0.3) is 0 Å². The molecule has 0 N–H and O–H groups in total. The summed E-state index contributed by atoms with van der Waals surface area (Å²) in [6, 6.07) is 2.00. The van der Waals surface area contributed by atoms with Gasteiger partial charge in [-0.3, -0.25) is 9.58 Å². The highest BCUT2D eigenvalue weighted by Crippen LogP contribution is 2.22. The molecule has 0 radical (unpaired) electrons. The van der Waals surface area contributed by atoms with Crippen LogP contribution in [0.1, 0.15) is 31.7 Å². The van der Waals surface area contributed by atoms with E-state index in [2.05, 4.69) is 33.1 Å². The van der Waals surface area contributed by atoms with Gasteiger partial charge in [-0.25, -0.2) is 9.97 Å². The van der Waals surface area contributed by atoms with Gasteiger partial charge in [-0.1, -0.05) is 18.7 Å². The summed E-state index contributed by atoms with van der Waals surface area (Å²) in [4.78, 5) is 11.4. The van der Waals surface area contributed by atoms with Crippen LogP contribution in [0.2, 0.25) is 0 Å². The van der Waals surface area contributed by atoms with Crippen molar-refractivity contribution >= 4 is 11.8 Å². The molecule has 0 saturated carbocycles. The standard InChI is InChI=1S/C17H25N5S/c1-2-23-17-18-12-16(13-19-17)14-21-9-4-15(5-10-21)6-11-22-8-3-7-20-22/h3,7-8,12-13,15H,2,4-6,9-11,14H2,1H3. The highest BCUT2D eigenvalue weighted by atomic mass is 32.2. The van der Waals surface area contributed by atoms with Crippen LogP contribution < -0.4 is 0 Å². The molecule has 0 bridgehead atoms. The van der Waals surface area contributed by atoms with Crippen LogP contribution in [-0.4, -0.2) is 43.5 Å². The molecule has 1 aliphatic heterocycles. The third-order valence-electron chi connectivity index (χ3n) is 4.39. The fourth-order valence-corrected chi connectivity index (χ4v) is 3.58. The maximum Gasteiger partial charge on any atom is 0.187 e. The van der Waals surface area contributed by atoms with Crippen molar-refractivity contribution in [3.05, 3.63) is 36.4 Å². The van der Waals surface area contributed by atoms with Gasteiger partial charge in [-0.15, -0.1) is 0 Å². The summed E-state index contributed by atoms with van der Waals surface area (Å²) in [5.74, 6) is 1.85. The van der Waals surface area contributed by atoms with Crippen LogP contribution in [0.5, 0.6) is 0 Å². The number of thioether (sulfide) groups is 1. The number of aromatic nitrogens is 4. The van der Waals surface area contributed by atoms with E-state index in [1.807, 2.05) is 29.3 Å². The number of hydrogen-bond donors (Lipinski definition) is 0. The molecule has 0 amide bonds. The lowest BCUT2D eigenvalue weighted by Crippen LogP contribution is -2.33. The van der Waals surface area contributed by atoms with Crippen LogP contribution in [0.4, 0.5) is 0 Å². The summed E-state index contributed by atoms with van der Waals surface area (Å²) >= 11 is 1.69. The summed E-state index contributed by atoms with van der Waals surface area (Å²) in [5.41, 5.74) is 1.22. The van der Waals surface area contributed by atoms with Gasteiger partial charge in [0.2, 0.25) is 0 Å². The highest BCUT2D eigenvalue weighted by Gasteiger charge is 2.19. The monoisotopic (exact) mass is 331 g/mol. The lowest BCUT2D eigenvalue weighted by Gasteiger charge is -2.31. The van der Waals surface area contributed by atoms with E-state index in [4.69, 9.17) is 0 Å². The fraction of sp³-hybridized carbons (Fsp3) is 0.588. The number of nitrogens with zero attached hydrogens (tertiary/aromatic N) is 5. The zero-order chi connectivity index (χ0) is 15.9. The largest absolute Gasteiger partial charge is 0.299 e. The van der Waals surface area contributed by atoms with Crippen LogP contribution in [-0.2, 0) is 13.1 Å². The van der Waals surface area contributed by atoms with Gasteiger partial charge < -0.3 is 0 Å². The van der Waals surface area contributed by atoms with Crippen molar-refractivity contribution in [3.63, 3.8) is 0 Å². The van der Waals surface area contributed by atoms with E-state index in [0.29, 0.717) is 0 Å². The smallest absolute Gasteiger partial charge is 0.187 e. The molecule has 0 atom stereocenters. The molecule has 2 aromatic rings. The normalized spacial score (nSPS) is 16.7. The first-order valence-electron chi connectivity index (χ1n) is 8.47. The summed E-state index contributed by atoms with van der Waals surface area (Å²) in [7, 11) is 0. The molecule has 5 nitrogen and oxygen atoms in total. The third kappa shape index (κ3) is 5.04. The van der Waals surface area contributed by atoms with E-state index in [1.165, 1.54) is 37.9 Å². The van der Waals surface area contributed by atoms with Crippen molar-refractivity contribution in [2.75, 3.05) is 18.8 Å². The first-order chi connectivity index (χ1) is 11.3. The Balaban J connectivity index is 1.40. The van der Waals surface area contributed by atoms with Crippen molar-refractivity contribution in [3.8, 4) is 0 Å².